The zero-order chi connectivity index (χ0) is 25.9. The number of amides is 1. The van der Waals surface area contributed by atoms with Crippen LogP contribution in [0.5, 0.6) is 11.5 Å². The molecule has 0 aliphatic carbocycles. The van der Waals surface area contributed by atoms with E-state index in [9.17, 15) is 13.2 Å². The van der Waals surface area contributed by atoms with Crippen LogP contribution in [-0.2, 0) is 14.8 Å². The highest BCUT2D eigenvalue weighted by Gasteiger charge is 2.37. The Morgan fingerprint density at radius 2 is 1.75 bits per heavy atom. The monoisotopic (exact) mass is 508 g/mol. The molecule has 3 aromatic rings. The van der Waals surface area contributed by atoms with Gasteiger partial charge in [0.25, 0.3) is 15.9 Å². The van der Waals surface area contributed by atoms with E-state index in [1.54, 1.807) is 36.4 Å². The second-order valence-electron chi connectivity index (χ2n) is 9.26. The Morgan fingerprint density at radius 3 is 2.47 bits per heavy atom. The van der Waals surface area contributed by atoms with E-state index < -0.39 is 22.0 Å². The van der Waals surface area contributed by atoms with Crippen molar-refractivity contribution in [3.8, 4) is 11.5 Å². The van der Waals surface area contributed by atoms with E-state index in [2.05, 4.69) is 19.2 Å². The Balaban J connectivity index is 1.48. The van der Waals surface area contributed by atoms with Crippen LogP contribution in [0.4, 0.5) is 5.69 Å². The van der Waals surface area contributed by atoms with Gasteiger partial charge in [0.1, 0.15) is 18.1 Å². The Hall–Kier alpha value is -3.52. The molecule has 1 aliphatic rings. The minimum Gasteiger partial charge on any atom is -0.491 e. The number of para-hydroxylation sites is 1. The second kappa shape index (κ2) is 10.6. The molecule has 0 saturated heterocycles. The number of hydrogen-bond donors (Lipinski definition) is 1. The lowest BCUT2D eigenvalue weighted by molar-refractivity contribution is -0.127. The van der Waals surface area contributed by atoms with Crippen LogP contribution in [0.3, 0.4) is 0 Å². The number of nitrogens with one attached hydrogen (secondary N) is 1. The minimum atomic E-state index is -3.90. The van der Waals surface area contributed by atoms with Gasteiger partial charge in [0, 0.05) is 0 Å². The summed E-state index contributed by atoms with van der Waals surface area (Å²) in [6.45, 7) is 8.39. The summed E-state index contributed by atoms with van der Waals surface area (Å²) in [5.74, 6) is 1.07. The summed E-state index contributed by atoms with van der Waals surface area (Å²) in [5, 5.41) is 2.83. The van der Waals surface area contributed by atoms with Crippen LogP contribution < -0.4 is 19.1 Å². The molecule has 4 rings (SSSR count). The summed E-state index contributed by atoms with van der Waals surface area (Å²) in [7, 11) is -3.90. The molecule has 36 heavy (non-hydrogen) atoms. The summed E-state index contributed by atoms with van der Waals surface area (Å²) in [4.78, 5) is 13.2. The van der Waals surface area contributed by atoms with Gasteiger partial charge in [-0.1, -0.05) is 55.8 Å². The number of benzene rings is 3. The van der Waals surface area contributed by atoms with Crippen LogP contribution >= 0.6 is 0 Å². The highest BCUT2D eigenvalue weighted by Crippen LogP contribution is 2.37. The zero-order valence-corrected chi connectivity index (χ0v) is 21.8. The first kappa shape index (κ1) is 25.6. The number of carbonyl (C=O) groups excluding carboxylic acids is 1. The lowest BCUT2D eigenvalue weighted by Gasteiger charge is -2.35. The van der Waals surface area contributed by atoms with Crippen molar-refractivity contribution in [1.29, 1.82) is 0 Å². The van der Waals surface area contributed by atoms with Gasteiger partial charge in [0.15, 0.2) is 6.10 Å². The Morgan fingerprint density at radius 1 is 1.06 bits per heavy atom. The first-order valence-corrected chi connectivity index (χ1v) is 13.5. The van der Waals surface area contributed by atoms with Crippen molar-refractivity contribution in [3.63, 3.8) is 0 Å². The topological polar surface area (TPSA) is 84.9 Å². The Labute approximate surface area is 213 Å². The maximum Gasteiger partial charge on any atom is 0.264 e. The van der Waals surface area contributed by atoms with Crippen molar-refractivity contribution in [2.45, 2.75) is 44.6 Å². The summed E-state index contributed by atoms with van der Waals surface area (Å²) >= 11 is 0. The largest absolute Gasteiger partial charge is 0.491 e. The number of hydrogen-bond acceptors (Lipinski definition) is 5. The van der Waals surface area contributed by atoms with Gasteiger partial charge < -0.3 is 14.8 Å². The third-order valence-electron chi connectivity index (χ3n) is 6.09. The molecule has 0 fully saturated rings. The normalized spacial score (nSPS) is 15.2. The van der Waals surface area contributed by atoms with Crippen molar-refractivity contribution in [2.24, 2.45) is 0 Å². The molecular formula is C28H32N2O5S. The molecule has 0 saturated carbocycles. The number of carbonyl (C=O) groups is 1. The van der Waals surface area contributed by atoms with Crippen molar-refractivity contribution < 1.29 is 22.7 Å². The van der Waals surface area contributed by atoms with Gasteiger partial charge in [0.2, 0.25) is 0 Å². The van der Waals surface area contributed by atoms with Gasteiger partial charge in [-0.3, -0.25) is 9.10 Å². The van der Waals surface area contributed by atoms with Crippen LogP contribution in [0, 0.1) is 13.8 Å². The van der Waals surface area contributed by atoms with Crippen LogP contribution in [0.25, 0.3) is 0 Å². The quantitative estimate of drug-likeness (QED) is 0.451. The molecule has 3 aromatic carbocycles. The molecule has 1 heterocycles. The summed E-state index contributed by atoms with van der Waals surface area (Å²) in [6.07, 6.45) is -0.998. The molecule has 1 atom stereocenters. The third kappa shape index (κ3) is 5.49. The van der Waals surface area contributed by atoms with Gasteiger partial charge in [-0.15, -0.1) is 0 Å². The first-order valence-electron chi connectivity index (χ1n) is 12.0. The van der Waals surface area contributed by atoms with Crippen LogP contribution in [0.1, 0.15) is 36.5 Å². The summed E-state index contributed by atoms with van der Waals surface area (Å²) in [6, 6.07) is 19.8. The van der Waals surface area contributed by atoms with Gasteiger partial charge in [0.05, 0.1) is 23.7 Å². The van der Waals surface area contributed by atoms with E-state index in [4.69, 9.17) is 9.47 Å². The number of sulfonamides is 1. The molecule has 8 heteroatoms. The fraction of sp³-hybridized carbons (Fsp3) is 0.321. The van der Waals surface area contributed by atoms with E-state index >= 15 is 0 Å². The first-order chi connectivity index (χ1) is 17.2. The highest BCUT2D eigenvalue weighted by atomic mass is 32.2. The van der Waals surface area contributed by atoms with E-state index in [0.29, 0.717) is 17.4 Å². The molecule has 190 valence electrons. The van der Waals surface area contributed by atoms with Crippen molar-refractivity contribution in [3.05, 3.63) is 83.4 Å². The predicted molar refractivity (Wildman–Crippen MR) is 140 cm³/mol. The Kier molecular flexibility index (Phi) is 7.54. The maximum atomic E-state index is 13.5. The maximum absolute atomic E-state index is 13.5. The molecule has 0 radical (unpaired) electrons. The average molecular weight is 509 g/mol. The molecular weight excluding hydrogens is 476 g/mol. The molecule has 0 aromatic heterocycles. The minimum absolute atomic E-state index is 0.130. The van der Waals surface area contributed by atoms with Gasteiger partial charge >= 0.3 is 0 Å². The molecule has 7 nitrogen and oxygen atoms in total. The van der Waals surface area contributed by atoms with Gasteiger partial charge in [-0.05, 0) is 61.2 Å². The molecule has 0 unspecified atom stereocenters. The lowest BCUT2D eigenvalue weighted by atomic mass is 10.0. The molecule has 1 N–H and O–H groups in total. The number of nitrogens with zero attached hydrogens (tertiary/aromatic N) is 1. The molecule has 1 amide bonds. The number of ether oxygens (including phenoxy) is 2. The van der Waals surface area contributed by atoms with E-state index in [-0.39, 0.29) is 24.6 Å². The fourth-order valence-corrected chi connectivity index (χ4v) is 5.58. The number of aryl methyl sites for hydroxylation is 2. The van der Waals surface area contributed by atoms with E-state index in [0.717, 1.165) is 22.4 Å². The SMILES string of the molecule is Cc1ccc(S(=O)(=O)N2C[C@@H](C(=O)NCCOc3ccccc3C(C)C)Oc3cc(C)ccc32)cc1. The van der Waals surface area contributed by atoms with Crippen LogP contribution in [0.15, 0.2) is 71.6 Å². The third-order valence-corrected chi connectivity index (χ3v) is 7.88. The van der Waals surface area contributed by atoms with Crippen LogP contribution in [-0.4, -0.2) is 40.1 Å². The fourth-order valence-electron chi connectivity index (χ4n) is 4.10. The lowest BCUT2D eigenvalue weighted by Crippen LogP contribution is -2.51. The zero-order valence-electron chi connectivity index (χ0n) is 21.0. The second-order valence-corrected chi connectivity index (χ2v) is 11.1. The summed E-state index contributed by atoms with van der Waals surface area (Å²) in [5.41, 5.74) is 3.38. The molecule has 1 aliphatic heterocycles. The smallest absolute Gasteiger partial charge is 0.264 e. The van der Waals surface area contributed by atoms with Crippen molar-refractivity contribution in [1.82, 2.24) is 5.32 Å². The van der Waals surface area contributed by atoms with Crippen LogP contribution in [0.2, 0.25) is 0 Å². The predicted octanol–water partition coefficient (Wildman–Crippen LogP) is 4.58. The molecule has 0 bridgehead atoms. The van der Waals surface area contributed by atoms with Gasteiger partial charge in [-0.25, -0.2) is 8.42 Å². The summed E-state index contributed by atoms with van der Waals surface area (Å²) < 4.78 is 40.2. The number of rotatable bonds is 8. The molecule has 0 spiro atoms. The highest BCUT2D eigenvalue weighted by molar-refractivity contribution is 7.92. The van der Waals surface area contributed by atoms with Crippen molar-refractivity contribution in [2.75, 3.05) is 24.0 Å². The van der Waals surface area contributed by atoms with E-state index in [1.165, 1.54) is 4.31 Å². The number of anilines is 1. The number of fused-ring (bicyclic) bond motifs is 1. The average Bonchev–Trinajstić information content (AvgIpc) is 2.86. The standard InChI is InChI=1S/C28H32N2O5S/c1-19(2)23-7-5-6-8-25(23)34-16-15-29-28(31)27-18-30(24-14-11-21(4)17-26(24)35-27)36(32,33)22-12-9-20(3)10-13-22/h5-14,17,19,27H,15-16,18H2,1-4H3,(H,29,31)/t27-/m0/s1. The van der Waals surface area contributed by atoms with E-state index in [1.807, 2.05) is 44.2 Å². The Bertz CT molecular complexity index is 1340. The van der Waals surface area contributed by atoms with Gasteiger partial charge in [-0.2, -0.15) is 0 Å². The van der Waals surface area contributed by atoms with Crippen molar-refractivity contribution >= 4 is 21.6 Å².